The summed E-state index contributed by atoms with van der Waals surface area (Å²) in [5, 5.41) is 4.18. The molecule has 0 bridgehead atoms. The van der Waals surface area contributed by atoms with Gasteiger partial charge in [-0.25, -0.2) is 4.98 Å². The predicted molar refractivity (Wildman–Crippen MR) is 134 cm³/mol. The van der Waals surface area contributed by atoms with E-state index < -0.39 is 0 Å². The van der Waals surface area contributed by atoms with Gasteiger partial charge in [-0.3, -0.25) is 9.69 Å². The monoisotopic (exact) mass is 459 g/mol. The highest BCUT2D eigenvalue weighted by molar-refractivity contribution is 5.97. The van der Waals surface area contributed by atoms with Crippen molar-refractivity contribution < 1.29 is 9.53 Å². The van der Waals surface area contributed by atoms with Gasteiger partial charge in [0.2, 0.25) is 0 Å². The zero-order chi connectivity index (χ0) is 23.5. The summed E-state index contributed by atoms with van der Waals surface area (Å²) >= 11 is 0. The second kappa shape index (κ2) is 9.99. The summed E-state index contributed by atoms with van der Waals surface area (Å²) in [7, 11) is 0. The molecule has 2 aromatic heterocycles. The number of carbonyl (C=O) groups is 1. The number of nitrogens with one attached hydrogen (secondary N) is 2. The fraction of sp³-hybridized carbons (Fsp3) is 0.407. The Balaban J connectivity index is 1.11. The predicted octanol–water partition coefficient (Wildman–Crippen LogP) is 4.06. The minimum absolute atomic E-state index is 0.0267. The van der Waals surface area contributed by atoms with E-state index in [9.17, 15) is 4.79 Å². The summed E-state index contributed by atoms with van der Waals surface area (Å²) in [6, 6.07) is 14.1. The van der Waals surface area contributed by atoms with Gasteiger partial charge in [0, 0.05) is 48.3 Å². The van der Waals surface area contributed by atoms with E-state index >= 15 is 0 Å². The Hall–Kier alpha value is -3.16. The van der Waals surface area contributed by atoms with Crippen LogP contribution < -0.4 is 11.1 Å². The number of nitrogens with two attached hydrogens (primary N) is 1. The van der Waals surface area contributed by atoms with Crippen LogP contribution in [-0.2, 0) is 4.74 Å². The van der Waals surface area contributed by atoms with E-state index in [1.54, 1.807) is 0 Å². The van der Waals surface area contributed by atoms with Crippen LogP contribution in [0.25, 0.3) is 10.9 Å². The minimum Gasteiger partial charge on any atom is -0.384 e. The number of hydrogen-bond donors (Lipinski definition) is 3. The number of rotatable bonds is 6. The maximum atomic E-state index is 12.6. The number of aromatic amines is 1. The number of morpholine rings is 1. The van der Waals surface area contributed by atoms with E-state index in [4.69, 9.17) is 10.5 Å². The van der Waals surface area contributed by atoms with Crippen LogP contribution in [0.5, 0.6) is 0 Å². The van der Waals surface area contributed by atoms with Crippen molar-refractivity contribution in [3.8, 4) is 0 Å². The van der Waals surface area contributed by atoms with Crippen LogP contribution in [0.3, 0.4) is 0 Å². The maximum absolute atomic E-state index is 12.6. The molecule has 3 aromatic rings. The van der Waals surface area contributed by atoms with Crippen LogP contribution in [-0.4, -0.2) is 53.1 Å². The topological polar surface area (TPSA) is 96.3 Å². The summed E-state index contributed by atoms with van der Waals surface area (Å²) in [6.45, 7) is 5.41. The van der Waals surface area contributed by atoms with Gasteiger partial charge in [-0.05, 0) is 50.3 Å². The Kier molecular flexibility index (Phi) is 6.65. The first kappa shape index (κ1) is 22.6. The van der Waals surface area contributed by atoms with Gasteiger partial charge < -0.3 is 20.8 Å². The number of fused-ring (bicyclic) bond motifs is 1. The van der Waals surface area contributed by atoms with Gasteiger partial charge in [0.25, 0.3) is 5.91 Å². The molecule has 7 nitrogen and oxygen atoms in total. The van der Waals surface area contributed by atoms with E-state index in [1.807, 2.05) is 48.7 Å². The molecule has 178 valence electrons. The number of nitrogens with zero attached hydrogens (tertiary/aromatic N) is 2. The van der Waals surface area contributed by atoms with Gasteiger partial charge in [-0.1, -0.05) is 35.9 Å². The number of nitrogen functional groups attached to an aromatic ring is 1. The van der Waals surface area contributed by atoms with Crippen molar-refractivity contribution in [1.82, 2.24) is 20.2 Å². The Morgan fingerprint density at radius 3 is 3.03 bits per heavy atom. The Labute approximate surface area is 200 Å². The lowest BCUT2D eigenvalue weighted by atomic mass is 10.1. The first-order chi connectivity index (χ1) is 16.5. The van der Waals surface area contributed by atoms with Crippen LogP contribution in [0, 0.1) is 5.92 Å². The Morgan fingerprint density at radius 2 is 2.21 bits per heavy atom. The molecule has 1 aliphatic heterocycles. The number of benzene rings is 1. The maximum Gasteiger partial charge on any atom is 0.267 e. The number of ether oxygens (including phenoxy) is 1. The molecule has 1 unspecified atom stereocenters. The number of allylic oxidation sites excluding steroid dienone is 1. The lowest BCUT2D eigenvalue weighted by molar-refractivity contribution is -0.0559. The third-order valence-electron chi connectivity index (χ3n) is 7.11. The molecule has 1 aliphatic carbocycles. The minimum atomic E-state index is -0.0287. The van der Waals surface area contributed by atoms with E-state index in [-0.39, 0.29) is 12.0 Å². The molecule has 1 aromatic carbocycles. The zero-order valence-corrected chi connectivity index (χ0v) is 19.7. The fourth-order valence-electron chi connectivity index (χ4n) is 4.97. The summed E-state index contributed by atoms with van der Waals surface area (Å²) in [5.41, 5.74) is 9.91. The van der Waals surface area contributed by atoms with E-state index in [1.165, 1.54) is 5.57 Å². The normalized spacial score (nSPS) is 24.6. The zero-order valence-electron chi connectivity index (χ0n) is 19.7. The number of pyridine rings is 1. The Morgan fingerprint density at radius 1 is 1.32 bits per heavy atom. The SMILES string of the molecule is C[C@H]1CO[C@@H](c2ccc(N)nc2)CN1C/C=C1\CCC(CNC(=O)c2cc3ccccc3[nH]2)C1. The number of para-hydroxylation sites is 1. The van der Waals surface area contributed by atoms with Gasteiger partial charge in [0.1, 0.15) is 11.5 Å². The van der Waals surface area contributed by atoms with Crippen LogP contribution in [0.1, 0.15) is 48.3 Å². The summed E-state index contributed by atoms with van der Waals surface area (Å²) in [6.07, 6.45) is 7.52. The number of hydrogen-bond acceptors (Lipinski definition) is 5. The number of carbonyl (C=O) groups excluding carboxylic acids is 1. The molecule has 1 amide bonds. The molecule has 5 rings (SSSR count). The molecular formula is C27H33N5O2. The summed E-state index contributed by atoms with van der Waals surface area (Å²) in [4.78, 5) is 22.5. The largest absolute Gasteiger partial charge is 0.384 e. The molecule has 3 heterocycles. The summed E-state index contributed by atoms with van der Waals surface area (Å²) in [5.74, 6) is 0.997. The van der Waals surface area contributed by atoms with Crippen LogP contribution in [0.15, 0.2) is 60.3 Å². The molecule has 0 spiro atoms. The molecule has 4 N–H and O–H groups in total. The van der Waals surface area contributed by atoms with Crippen LogP contribution in [0.2, 0.25) is 0 Å². The molecule has 34 heavy (non-hydrogen) atoms. The van der Waals surface area contributed by atoms with E-state index in [0.717, 1.165) is 48.8 Å². The first-order valence-electron chi connectivity index (χ1n) is 12.2. The molecule has 0 radical (unpaired) electrons. The third-order valence-corrected chi connectivity index (χ3v) is 7.11. The second-order valence-electron chi connectivity index (χ2n) is 9.59. The lowest BCUT2D eigenvalue weighted by Crippen LogP contribution is -2.45. The van der Waals surface area contributed by atoms with Gasteiger partial charge in [-0.2, -0.15) is 0 Å². The average Bonchev–Trinajstić information content (AvgIpc) is 3.49. The number of amides is 1. The molecule has 1 saturated carbocycles. The number of aromatic nitrogens is 2. The van der Waals surface area contributed by atoms with Gasteiger partial charge in [0.05, 0.1) is 12.7 Å². The molecule has 2 fully saturated rings. The smallest absolute Gasteiger partial charge is 0.267 e. The van der Waals surface area contributed by atoms with Crippen molar-refractivity contribution in [3.05, 3.63) is 71.6 Å². The molecule has 1 saturated heterocycles. The van der Waals surface area contributed by atoms with Crippen LogP contribution >= 0.6 is 0 Å². The molecule has 7 heteroatoms. The van der Waals surface area contributed by atoms with Crippen molar-refractivity contribution in [1.29, 1.82) is 0 Å². The Bertz CT molecular complexity index is 1140. The quantitative estimate of drug-likeness (QED) is 0.483. The van der Waals surface area contributed by atoms with Crippen molar-refractivity contribution >= 4 is 22.6 Å². The highest BCUT2D eigenvalue weighted by atomic mass is 16.5. The van der Waals surface area contributed by atoms with Gasteiger partial charge >= 0.3 is 0 Å². The number of H-pyrrole nitrogens is 1. The van der Waals surface area contributed by atoms with Crippen molar-refractivity contribution in [2.24, 2.45) is 5.92 Å². The molecule has 2 aliphatic rings. The van der Waals surface area contributed by atoms with Crippen LogP contribution in [0.4, 0.5) is 5.82 Å². The average molecular weight is 460 g/mol. The highest BCUT2D eigenvalue weighted by Crippen LogP contribution is 2.31. The lowest BCUT2D eigenvalue weighted by Gasteiger charge is -2.37. The van der Waals surface area contributed by atoms with Gasteiger partial charge in [0.15, 0.2) is 0 Å². The second-order valence-corrected chi connectivity index (χ2v) is 9.59. The molecule has 3 atom stereocenters. The van der Waals surface area contributed by atoms with Gasteiger partial charge in [-0.15, -0.1) is 0 Å². The van der Waals surface area contributed by atoms with Crippen molar-refractivity contribution in [3.63, 3.8) is 0 Å². The summed E-state index contributed by atoms with van der Waals surface area (Å²) < 4.78 is 6.06. The highest BCUT2D eigenvalue weighted by Gasteiger charge is 2.27. The fourth-order valence-corrected chi connectivity index (χ4v) is 4.97. The van der Waals surface area contributed by atoms with E-state index in [2.05, 4.69) is 33.2 Å². The number of anilines is 1. The van der Waals surface area contributed by atoms with Crippen molar-refractivity contribution in [2.75, 3.05) is 32.0 Å². The first-order valence-corrected chi connectivity index (χ1v) is 12.2. The third kappa shape index (κ3) is 5.16. The molecular weight excluding hydrogens is 426 g/mol. The van der Waals surface area contributed by atoms with Crippen molar-refractivity contribution in [2.45, 2.75) is 38.3 Å². The van der Waals surface area contributed by atoms with E-state index in [0.29, 0.717) is 36.6 Å². The standard InChI is InChI=1S/C27H33N5O2/c1-18-17-34-25(22-8-9-26(28)29-15-22)16-32(18)11-10-19-6-7-20(12-19)14-30-27(33)24-13-21-4-2-3-5-23(21)31-24/h2-5,8-10,13,15,18,20,25,31H,6-7,11-12,14,16-17H2,1H3,(H2,28,29)(H,30,33)/b19-10+/t18-,20?,25+/m0/s1.